The predicted octanol–water partition coefficient (Wildman–Crippen LogP) is 2.78. The lowest BCUT2D eigenvalue weighted by Crippen LogP contribution is -2.39. The predicted molar refractivity (Wildman–Crippen MR) is 108 cm³/mol. The van der Waals surface area contributed by atoms with Gasteiger partial charge < -0.3 is 14.1 Å². The minimum atomic E-state index is -2.83. The van der Waals surface area contributed by atoms with Gasteiger partial charge in [-0.1, -0.05) is 0 Å². The Labute approximate surface area is 180 Å². The summed E-state index contributed by atoms with van der Waals surface area (Å²) in [5.74, 6) is -0.820. The lowest BCUT2D eigenvalue weighted by atomic mass is 10.2. The van der Waals surface area contributed by atoms with Gasteiger partial charge in [0.15, 0.2) is 0 Å². The van der Waals surface area contributed by atoms with Crippen LogP contribution in [0.25, 0.3) is 10.8 Å². The number of ether oxygens (including phenoxy) is 1. The van der Waals surface area contributed by atoms with Crippen molar-refractivity contribution in [3.8, 4) is 10.8 Å². The van der Waals surface area contributed by atoms with Crippen LogP contribution >= 0.6 is 11.3 Å². The number of halogens is 2. The molecule has 4 rings (SSSR count). The molecule has 3 aromatic heterocycles. The van der Waals surface area contributed by atoms with E-state index in [0.717, 1.165) is 13.1 Å². The van der Waals surface area contributed by atoms with Gasteiger partial charge in [-0.05, 0) is 12.1 Å². The Balaban J connectivity index is 1.47. The summed E-state index contributed by atoms with van der Waals surface area (Å²) in [5.41, 5.74) is 0.656. The average Bonchev–Trinajstić information content (AvgIpc) is 3.47. The monoisotopic (exact) mass is 450 g/mol. The van der Waals surface area contributed by atoms with Crippen LogP contribution in [0.15, 0.2) is 35.1 Å². The molecule has 1 aliphatic rings. The van der Waals surface area contributed by atoms with Crippen LogP contribution in [0, 0.1) is 0 Å². The van der Waals surface area contributed by atoms with E-state index in [4.69, 9.17) is 9.15 Å². The number of rotatable bonds is 8. The van der Waals surface area contributed by atoms with Crippen molar-refractivity contribution in [1.29, 1.82) is 0 Å². The molecular weight excluding hydrogens is 430 g/mol. The Bertz CT molecular complexity index is 993. The Kier molecular flexibility index (Phi) is 6.89. The van der Waals surface area contributed by atoms with Crippen molar-refractivity contribution in [2.45, 2.75) is 19.4 Å². The van der Waals surface area contributed by atoms with E-state index in [0.29, 0.717) is 41.8 Å². The van der Waals surface area contributed by atoms with E-state index < -0.39 is 12.3 Å². The first-order chi connectivity index (χ1) is 15.1. The number of amides is 1. The number of hydrogen-bond donors (Lipinski definition) is 0. The molecule has 0 spiro atoms. The second-order valence-corrected chi connectivity index (χ2v) is 7.87. The molecule has 0 aliphatic carbocycles. The summed E-state index contributed by atoms with van der Waals surface area (Å²) in [6.45, 7) is 3.81. The standard InChI is InChI=1S/C19H20F2N6O3S/c20-17(21)19-25-24-18(30-19)14-11-23-15(31-14)12-27(13-2-1-4-22-10-13)16(28)3-5-26-6-8-29-9-7-26/h1-2,4,10-11,17H,3,5-9,12H2. The number of aromatic nitrogens is 4. The zero-order valence-electron chi connectivity index (χ0n) is 16.5. The van der Waals surface area contributed by atoms with Crippen molar-refractivity contribution in [1.82, 2.24) is 25.1 Å². The lowest BCUT2D eigenvalue weighted by molar-refractivity contribution is -0.119. The summed E-state index contributed by atoms with van der Waals surface area (Å²) in [5, 5.41) is 7.58. The number of morpholine rings is 1. The van der Waals surface area contributed by atoms with Gasteiger partial charge >= 0.3 is 6.43 Å². The van der Waals surface area contributed by atoms with Crippen molar-refractivity contribution < 1.29 is 22.7 Å². The molecule has 0 bridgehead atoms. The van der Waals surface area contributed by atoms with Crippen LogP contribution in [0.3, 0.4) is 0 Å². The number of thiazole rings is 1. The topological polar surface area (TPSA) is 97.5 Å². The first kappa shape index (κ1) is 21.4. The van der Waals surface area contributed by atoms with Gasteiger partial charge in [-0.2, -0.15) is 8.78 Å². The van der Waals surface area contributed by atoms with E-state index in [1.54, 1.807) is 29.4 Å². The van der Waals surface area contributed by atoms with Gasteiger partial charge in [0.25, 0.3) is 11.8 Å². The highest BCUT2D eigenvalue weighted by molar-refractivity contribution is 7.15. The van der Waals surface area contributed by atoms with Gasteiger partial charge in [0.05, 0.1) is 37.8 Å². The van der Waals surface area contributed by atoms with Crippen molar-refractivity contribution in [2.24, 2.45) is 0 Å². The van der Waals surface area contributed by atoms with Gasteiger partial charge in [0.2, 0.25) is 5.91 Å². The van der Waals surface area contributed by atoms with Crippen LogP contribution in [0.1, 0.15) is 23.7 Å². The molecule has 0 N–H and O–H groups in total. The highest BCUT2D eigenvalue weighted by Crippen LogP contribution is 2.29. The molecule has 4 heterocycles. The summed E-state index contributed by atoms with van der Waals surface area (Å²) in [6.07, 6.45) is 2.24. The summed E-state index contributed by atoms with van der Waals surface area (Å²) in [7, 11) is 0. The third kappa shape index (κ3) is 5.46. The van der Waals surface area contributed by atoms with Gasteiger partial charge in [-0.15, -0.1) is 21.5 Å². The molecule has 31 heavy (non-hydrogen) atoms. The van der Waals surface area contributed by atoms with Crippen molar-refractivity contribution in [3.05, 3.63) is 41.6 Å². The largest absolute Gasteiger partial charge is 0.414 e. The van der Waals surface area contributed by atoms with E-state index in [2.05, 4.69) is 25.1 Å². The molecule has 9 nitrogen and oxygen atoms in total. The van der Waals surface area contributed by atoms with Crippen molar-refractivity contribution in [2.75, 3.05) is 37.7 Å². The molecule has 1 amide bonds. The second-order valence-electron chi connectivity index (χ2n) is 6.76. The minimum Gasteiger partial charge on any atom is -0.414 e. The third-order valence-electron chi connectivity index (χ3n) is 4.69. The first-order valence-electron chi connectivity index (χ1n) is 9.67. The maximum atomic E-state index is 13.0. The maximum Gasteiger partial charge on any atom is 0.314 e. The van der Waals surface area contributed by atoms with Gasteiger partial charge in [-0.3, -0.25) is 14.7 Å². The number of anilines is 1. The highest BCUT2D eigenvalue weighted by Gasteiger charge is 2.22. The van der Waals surface area contributed by atoms with Crippen LogP contribution in [-0.2, 0) is 16.1 Å². The zero-order valence-corrected chi connectivity index (χ0v) is 17.3. The van der Waals surface area contributed by atoms with Crippen LogP contribution in [-0.4, -0.2) is 63.8 Å². The molecule has 0 aromatic carbocycles. The molecule has 1 aliphatic heterocycles. The zero-order chi connectivity index (χ0) is 21.6. The summed E-state index contributed by atoms with van der Waals surface area (Å²) in [6, 6.07) is 3.57. The van der Waals surface area contributed by atoms with Crippen molar-refractivity contribution in [3.63, 3.8) is 0 Å². The summed E-state index contributed by atoms with van der Waals surface area (Å²) >= 11 is 1.20. The average molecular weight is 450 g/mol. The number of alkyl halides is 2. The first-order valence-corrected chi connectivity index (χ1v) is 10.5. The minimum absolute atomic E-state index is 0.0226. The number of carbonyl (C=O) groups excluding carboxylic acids is 1. The molecule has 1 fully saturated rings. The Morgan fingerprint density at radius 3 is 2.81 bits per heavy atom. The molecule has 164 valence electrons. The molecule has 3 aromatic rings. The third-order valence-corrected chi connectivity index (χ3v) is 5.66. The van der Waals surface area contributed by atoms with Crippen LogP contribution < -0.4 is 4.90 Å². The molecule has 0 unspecified atom stereocenters. The van der Waals surface area contributed by atoms with Gasteiger partial charge in [0.1, 0.15) is 9.88 Å². The van der Waals surface area contributed by atoms with Gasteiger partial charge in [-0.25, -0.2) is 4.98 Å². The highest BCUT2D eigenvalue weighted by atomic mass is 32.1. The van der Waals surface area contributed by atoms with Crippen LogP contribution in [0.5, 0.6) is 0 Å². The maximum absolute atomic E-state index is 13.0. The number of nitrogens with zero attached hydrogens (tertiary/aromatic N) is 6. The van der Waals surface area contributed by atoms with E-state index >= 15 is 0 Å². The lowest BCUT2D eigenvalue weighted by Gasteiger charge is -2.28. The molecule has 0 saturated carbocycles. The molecule has 1 saturated heterocycles. The fourth-order valence-corrected chi connectivity index (χ4v) is 3.92. The van der Waals surface area contributed by atoms with Crippen LogP contribution in [0.2, 0.25) is 0 Å². The van der Waals surface area contributed by atoms with Gasteiger partial charge in [0, 0.05) is 32.3 Å². The number of carbonyl (C=O) groups is 1. The molecular formula is C19H20F2N6O3S. The number of hydrogen-bond acceptors (Lipinski definition) is 9. The number of pyridine rings is 1. The van der Waals surface area contributed by atoms with E-state index in [9.17, 15) is 13.6 Å². The normalized spacial score (nSPS) is 14.8. The van der Waals surface area contributed by atoms with E-state index in [1.165, 1.54) is 17.5 Å². The van der Waals surface area contributed by atoms with Crippen LogP contribution in [0.4, 0.5) is 14.5 Å². The SMILES string of the molecule is O=C(CCN1CCOCC1)N(Cc1ncc(-c2nnc(C(F)F)o2)s1)c1cccnc1. The Hall–Kier alpha value is -2.83. The Morgan fingerprint density at radius 1 is 1.26 bits per heavy atom. The second kappa shape index (κ2) is 9.98. The quantitative estimate of drug-likeness (QED) is 0.517. The fraction of sp³-hybridized carbons (Fsp3) is 0.421. The van der Waals surface area contributed by atoms with E-state index in [1.807, 2.05) is 0 Å². The Morgan fingerprint density at radius 2 is 2.10 bits per heavy atom. The molecule has 12 heteroatoms. The van der Waals surface area contributed by atoms with Crippen molar-refractivity contribution >= 4 is 22.9 Å². The summed E-state index contributed by atoms with van der Waals surface area (Å²) < 4.78 is 35.7. The fourth-order valence-electron chi connectivity index (χ4n) is 3.09. The molecule has 0 radical (unpaired) electrons. The molecule has 0 atom stereocenters. The summed E-state index contributed by atoms with van der Waals surface area (Å²) in [4.78, 5) is 25.7. The van der Waals surface area contributed by atoms with E-state index in [-0.39, 0.29) is 18.3 Å². The smallest absolute Gasteiger partial charge is 0.314 e.